The van der Waals surface area contributed by atoms with Crippen LogP contribution in [0.5, 0.6) is 0 Å². The normalized spacial score (nSPS) is 24.1. The monoisotopic (exact) mass is 1060 g/mol. The van der Waals surface area contributed by atoms with Crippen molar-refractivity contribution in [3.63, 3.8) is 0 Å². The molecule has 1 heterocycles. The highest BCUT2D eigenvalue weighted by Crippen LogP contribution is 2.20. The first-order valence-corrected chi connectivity index (χ1v) is 27.9. The van der Waals surface area contributed by atoms with Crippen LogP contribution in [-0.4, -0.2) is 118 Å². The lowest BCUT2D eigenvalue weighted by Gasteiger charge is -2.29. The van der Waals surface area contributed by atoms with E-state index in [1.54, 1.807) is 55.4 Å². The molecule has 1 saturated heterocycles. The van der Waals surface area contributed by atoms with E-state index in [4.69, 9.17) is 4.74 Å². The Bertz CT molecular complexity index is 1840. The zero-order valence-electron chi connectivity index (χ0n) is 47.4. The fourth-order valence-corrected chi connectivity index (χ4v) is 8.90. The van der Waals surface area contributed by atoms with Crippen LogP contribution in [0, 0.1) is 35.5 Å². The Morgan fingerprint density at radius 3 is 1.23 bits per heavy atom. The van der Waals surface area contributed by atoms with E-state index in [0.29, 0.717) is 18.8 Å². The highest BCUT2D eigenvalue weighted by Gasteiger charge is 2.37. The molecule has 1 aliphatic rings. The van der Waals surface area contributed by atoms with Crippen LogP contribution in [0.2, 0.25) is 0 Å². The first kappa shape index (κ1) is 67.7. The van der Waals surface area contributed by atoms with Crippen molar-refractivity contribution in [3.8, 4) is 0 Å². The van der Waals surface area contributed by atoms with Crippen molar-refractivity contribution in [2.45, 2.75) is 253 Å². The molecule has 0 aliphatic carbocycles. The van der Waals surface area contributed by atoms with Crippen LogP contribution >= 0.6 is 0 Å². The fraction of sp³-hybridized carbons (Fsp3) is 0.818. The lowest BCUT2D eigenvalue weighted by atomic mass is 9.97. The first-order valence-electron chi connectivity index (χ1n) is 27.9. The molecule has 0 aromatic rings. The highest BCUT2D eigenvalue weighted by atomic mass is 16.5. The maximum absolute atomic E-state index is 14.3. The van der Waals surface area contributed by atoms with Crippen molar-refractivity contribution in [3.05, 3.63) is 0 Å². The minimum absolute atomic E-state index is 0.0297. The summed E-state index contributed by atoms with van der Waals surface area (Å²) in [6, 6.07) is -9.63. The van der Waals surface area contributed by atoms with E-state index in [2.05, 4.69) is 51.1 Å². The first-order chi connectivity index (χ1) is 35.1. The molecule has 1 aliphatic heterocycles. The number of hydrogen-bond donors (Lipinski definition) is 9. The van der Waals surface area contributed by atoms with Crippen LogP contribution in [0.3, 0.4) is 0 Å². The molecule has 9 N–H and O–H groups in total. The van der Waals surface area contributed by atoms with Gasteiger partial charge >= 0.3 is 17.9 Å². The van der Waals surface area contributed by atoms with E-state index >= 15 is 0 Å². The molecular weight excluding hydrogens is 967 g/mol. The predicted octanol–water partition coefficient (Wildman–Crippen LogP) is 5.82. The molecule has 0 saturated carbocycles. The number of carboxylic acid groups (broad SMARTS) is 2. The van der Waals surface area contributed by atoms with Gasteiger partial charge in [0.1, 0.15) is 48.4 Å². The van der Waals surface area contributed by atoms with E-state index in [9.17, 15) is 58.2 Å². The standard InChI is InChI=1S/C55H97N7O13/c1-13-37(12)48-55(74)75-38(23-21-19-17-15-14-16-18-20-22-32(2)3)30-45(63)56-39(24-25-46(64)65)49(68)57-40(26-33(4)5)50(69)58-41(27-34(6)7)51(70)59-42(28-35(8)9)52(71)61-44(31-47(66)67)53(72)60-43(29-36(10)11)54(73)62-48/h32-44,48H,13-31H2,1-12H3,(H,56,63)(H,57,68)(H,58,69)(H,59,70)(H,60,72)(H,61,71)(H,62,73)(H,64,65)(H,66,67). The van der Waals surface area contributed by atoms with Gasteiger partial charge in [0.15, 0.2) is 0 Å². The molecule has 20 heteroatoms. The van der Waals surface area contributed by atoms with Gasteiger partial charge in [-0.2, -0.15) is 0 Å². The molecular formula is C55H97N7O13. The second-order valence-corrected chi connectivity index (χ2v) is 22.9. The Morgan fingerprint density at radius 1 is 0.467 bits per heavy atom. The zero-order chi connectivity index (χ0) is 56.9. The Balaban J connectivity index is 3.96. The molecule has 430 valence electrons. The number of carboxylic acids is 2. The number of ether oxygens (including phenoxy) is 1. The maximum atomic E-state index is 14.3. The predicted molar refractivity (Wildman–Crippen MR) is 285 cm³/mol. The van der Waals surface area contributed by atoms with E-state index in [0.717, 1.165) is 32.1 Å². The van der Waals surface area contributed by atoms with Gasteiger partial charge in [-0.1, -0.05) is 141 Å². The van der Waals surface area contributed by atoms with Crippen LogP contribution in [-0.2, 0) is 52.7 Å². The van der Waals surface area contributed by atoms with Gasteiger partial charge in [-0.15, -0.1) is 0 Å². The van der Waals surface area contributed by atoms with Gasteiger partial charge < -0.3 is 52.2 Å². The molecule has 7 amide bonds. The Labute approximate surface area is 447 Å². The molecule has 0 aromatic heterocycles. The van der Waals surface area contributed by atoms with E-state index in [1.807, 2.05) is 13.8 Å². The van der Waals surface area contributed by atoms with Crippen molar-refractivity contribution >= 4 is 59.3 Å². The fourth-order valence-electron chi connectivity index (χ4n) is 8.90. The zero-order valence-corrected chi connectivity index (χ0v) is 47.4. The number of aliphatic carboxylic acids is 2. The third kappa shape index (κ3) is 29.0. The highest BCUT2D eigenvalue weighted by molar-refractivity contribution is 5.98. The van der Waals surface area contributed by atoms with Gasteiger partial charge in [0.2, 0.25) is 41.4 Å². The average molecular weight is 1060 g/mol. The second-order valence-electron chi connectivity index (χ2n) is 22.9. The third-order valence-electron chi connectivity index (χ3n) is 13.2. The van der Waals surface area contributed by atoms with Gasteiger partial charge in [0, 0.05) is 6.42 Å². The number of cyclic esters (lactones) is 1. The van der Waals surface area contributed by atoms with Crippen LogP contribution in [0.1, 0.15) is 205 Å². The van der Waals surface area contributed by atoms with Gasteiger partial charge in [-0.3, -0.25) is 43.2 Å². The Kier molecular flexibility index (Phi) is 32.4. The van der Waals surface area contributed by atoms with Crippen molar-refractivity contribution < 1.29 is 62.9 Å². The van der Waals surface area contributed by atoms with E-state index in [1.165, 1.54) is 19.3 Å². The molecule has 1 rings (SSSR count). The molecule has 0 spiro atoms. The topological polar surface area (TPSA) is 305 Å². The average Bonchev–Trinajstić information content (AvgIpc) is 3.29. The summed E-state index contributed by atoms with van der Waals surface area (Å²) in [7, 11) is 0. The lowest BCUT2D eigenvalue weighted by Crippen LogP contribution is -2.60. The summed E-state index contributed by atoms with van der Waals surface area (Å²) >= 11 is 0. The summed E-state index contributed by atoms with van der Waals surface area (Å²) in [6.45, 7) is 22.3. The summed E-state index contributed by atoms with van der Waals surface area (Å²) in [5, 5.41) is 38.1. The molecule has 0 aromatic carbocycles. The Morgan fingerprint density at radius 2 is 0.840 bits per heavy atom. The van der Waals surface area contributed by atoms with Crippen LogP contribution < -0.4 is 37.2 Å². The summed E-state index contributed by atoms with van der Waals surface area (Å²) in [5.41, 5.74) is 0. The minimum atomic E-state index is -1.72. The second kappa shape index (κ2) is 35.9. The number of nitrogens with one attached hydrogen (secondary N) is 7. The summed E-state index contributed by atoms with van der Waals surface area (Å²) in [4.78, 5) is 137. The number of amides is 7. The molecule has 0 radical (unpaired) electrons. The lowest BCUT2D eigenvalue weighted by molar-refractivity contribution is -0.156. The smallest absolute Gasteiger partial charge is 0.329 e. The number of rotatable bonds is 26. The van der Waals surface area contributed by atoms with Crippen molar-refractivity contribution in [1.29, 1.82) is 0 Å². The SMILES string of the molecule is CCC(C)C1NC(=O)C(CC(C)C)NC(=O)C(CC(=O)O)NC(=O)C(CC(C)C)NC(=O)C(CC(C)C)NC(=O)C(CC(C)C)NC(=O)C(CCC(=O)O)NC(=O)CC(CCCCCCCCCCC(C)C)OC1=O. The third-order valence-corrected chi connectivity index (χ3v) is 13.2. The molecule has 9 unspecified atom stereocenters. The maximum Gasteiger partial charge on any atom is 0.329 e. The molecule has 0 bridgehead atoms. The van der Waals surface area contributed by atoms with E-state index in [-0.39, 0.29) is 62.2 Å². The quantitative estimate of drug-likeness (QED) is 0.0365. The van der Waals surface area contributed by atoms with Crippen LogP contribution in [0.4, 0.5) is 0 Å². The van der Waals surface area contributed by atoms with Crippen LogP contribution in [0.25, 0.3) is 0 Å². The van der Waals surface area contributed by atoms with Gasteiger partial charge in [-0.25, -0.2) is 4.79 Å². The minimum Gasteiger partial charge on any atom is -0.481 e. The number of unbranched alkanes of at least 4 members (excludes halogenated alkanes) is 7. The molecule has 20 nitrogen and oxygen atoms in total. The van der Waals surface area contributed by atoms with Crippen molar-refractivity contribution in [2.75, 3.05) is 0 Å². The largest absolute Gasteiger partial charge is 0.481 e. The van der Waals surface area contributed by atoms with Crippen molar-refractivity contribution in [1.82, 2.24) is 37.2 Å². The number of esters is 1. The van der Waals surface area contributed by atoms with Gasteiger partial charge in [-0.05, 0) is 80.5 Å². The van der Waals surface area contributed by atoms with Crippen molar-refractivity contribution in [2.24, 2.45) is 35.5 Å². The van der Waals surface area contributed by atoms with Crippen LogP contribution in [0.15, 0.2) is 0 Å². The van der Waals surface area contributed by atoms with E-state index < -0.39 is 133 Å². The number of hydrogen-bond acceptors (Lipinski definition) is 11. The van der Waals surface area contributed by atoms with Gasteiger partial charge in [0.25, 0.3) is 0 Å². The summed E-state index contributed by atoms with van der Waals surface area (Å²) in [6.07, 6.45) is 6.61. The summed E-state index contributed by atoms with van der Waals surface area (Å²) in [5.74, 6) is -10.0. The number of carbonyl (C=O) groups is 10. The van der Waals surface area contributed by atoms with Gasteiger partial charge in [0.05, 0.1) is 12.8 Å². The molecule has 9 atom stereocenters. The number of carbonyl (C=O) groups excluding carboxylic acids is 8. The molecule has 1 fully saturated rings. The molecule has 75 heavy (non-hydrogen) atoms. The Hall–Kier alpha value is -5.30. The summed E-state index contributed by atoms with van der Waals surface area (Å²) < 4.78 is 6.08.